The standard InChI is InChI=1S/C20H29BrN4O2Si/c1-14(15-8-9-15)22-20(26)19-23-18(16-6-5-7-17(21)12-16)24-25(19)13-27-10-11-28(2,3)4/h5-7,12,14-15H,8-11,13H2,1-4H3,(H,22,26)/t14-/m0/s1. The fraction of sp³-hybridized carbons (Fsp3) is 0.550. The number of aromatic nitrogens is 3. The molecule has 1 aliphatic carbocycles. The van der Waals surface area contributed by atoms with Gasteiger partial charge >= 0.3 is 0 Å². The van der Waals surface area contributed by atoms with Crippen molar-refractivity contribution in [3.05, 3.63) is 34.6 Å². The summed E-state index contributed by atoms with van der Waals surface area (Å²) in [4.78, 5) is 17.3. The Labute approximate surface area is 176 Å². The van der Waals surface area contributed by atoms with E-state index < -0.39 is 8.07 Å². The number of carbonyl (C=O) groups excluding carboxylic acids is 1. The van der Waals surface area contributed by atoms with Gasteiger partial charge in [-0.2, -0.15) is 0 Å². The number of nitrogens with one attached hydrogen (secondary N) is 1. The van der Waals surface area contributed by atoms with Crippen LogP contribution in [0.15, 0.2) is 28.7 Å². The maximum absolute atomic E-state index is 12.8. The van der Waals surface area contributed by atoms with Crippen molar-refractivity contribution in [3.8, 4) is 11.4 Å². The van der Waals surface area contributed by atoms with Crippen molar-refractivity contribution in [3.63, 3.8) is 0 Å². The number of nitrogens with zero attached hydrogens (tertiary/aromatic N) is 3. The fourth-order valence-electron chi connectivity index (χ4n) is 2.86. The largest absolute Gasteiger partial charge is 0.359 e. The molecule has 1 saturated carbocycles. The second-order valence-electron chi connectivity index (χ2n) is 8.72. The van der Waals surface area contributed by atoms with Gasteiger partial charge in [-0.25, -0.2) is 9.67 Å². The molecule has 6 nitrogen and oxygen atoms in total. The van der Waals surface area contributed by atoms with Crippen molar-refractivity contribution in [2.24, 2.45) is 5.92 Å². The van der Waals surface area contributed by atoms with Crippen molar-refractivity contribution in [1.82, 2.24) is 20.1 Å². The minimum atomic E-state index is -1.17. The molecule has 1 aliphatic rings. The maximum atomic E-state index is 12.8. The number of amides is 1. The number of ether oxygens (including phenoxy) is 1. The van der Waals surface area contributed by atoms with Gasteiger partial charge in [0.1, 0.15) is 6.73 Å². The van der Waals surface area contributed by atoms with Crippen LogP contribution in [0.2, 0.25) is 25.7 Å². The van der Waals surface area contributed by atoms with Crippen LogP contribution in [0.25, 0.3) is 11.4 Å². The molecular formula is C20H29BrN4O2Si. The van der Waals surface area contributed by atoms with E-state index in [1.165, 1.54) is 12.8 Å². The van der Waals surface area contributed by atoms with E-state index in [0.29, 0.717) is 24.2 Å². The average Bonchev–Trinajstić information content (AvgIpc) is 3.38. The lowest BCUT2D eigenvalue weighted by Gasteiger charge is -2.16. The zero-order valence-electron chi connectivity index (χ0n) is 17.0. The van der Waals surface area contributed by atoms with Crippen LogP contribution in [-0.2, 0) is 11.5 Å². The molecule has 1 aromatic carbocycles. The highest BCUT2D eigenvalue weighted by atomic mass is 79.9. The van der Waals surface area contributed by atoms with Gasteiger partial charge < -0.3 is 10.1 Å². The Bertz CT molecular complexity index is 830. The first-order valence-corrected chi connectivity index (χ1v) is 14.3. The molecule has 2 aromatic rings. The third kappa shape index (κ3) is 5.99. The van der Waals surface area contributed by atoms with Crippen molar-refractivity contribution in [2.45, 2.75) is 58.2 Å². The van der Waals surface area contributed by atoms with E-state index in [0.717, 1.165) is 16.1 Å². The Kier molecular flexibility index (Phi) is 6.72. The molecule has 1 aromatic heterocycles. The molecule has 1 atom stereocenters. The van der Waals surface area contributed by atoms with Gasteiger partial charge in [0, 0.05) is 30.8 Å². The van der Waals surface area contributed by atoms with Gasteiger partial charge in [-0.3, -0.25) is 4.79 Å². The quantitative estimate of drug-likeness (QED) is 0.436. The number of rotatable bonds is 9. The Hall–Kier alpha value is -1.51. The van der Waals surface area contributed by atoms with Crippen molar-refractivity contribution in [1.29, 1.82) is 0 Å². The maximum Gasteiger partial charge on any atom is 0.289 e. The third-order valence-electron chi connectivity index (χ3n) is 4.86. The molecule has 0 aliphatic heterocycles. The van der Waals surface area contributed by atoms with Crippen LogP contribution in [0.3, 0.4) is 0 Å². The summed E-state index contributed by atoms with van der Waals surface area (Å²) in [6.45, 7) is 9.89. The second-order valence-corrected chi connectivity index (χ2v) is 15.3. The summed E-state index contributed by atoms with van der Waals surface area (Å²) in [5, 5.41) is 7.62. The number of hydrogen-bond acceptors (Lipinski definition) is 4. The summed E-state index contributed by atoms with van der Waals surface area (Å²) in [6, 6.07) is 8.98. The highest BCUT2D eigenvalue weighted by Gasteiger charge is 2.30. The molecule has 1 heterocycles. The Morgan fingerprint density at radius 2 is 2.14 bits per heavy atom. The van der Waals surface area contributed by atoms with Crippen LogP contribution in [0.1, 0.15) is 30.4 Å². The van der Waals surface area contributed by atoms with Gasteiger partial charge in [0.05, 0.1) is 0 Å². The van der Waals surface area contributed by atoms with Crippen molar-refractivity contribution < 1.29 is 9.53 Å². The van der Waals surface area contributed by atoms with Crippen LogP contribution in [0, 0.1) is 5.92 Å². The summed E-state index contributed by atoms with van der Waals surface area (Å²) >= 11 is 3.48. The smallest absolute Gasteiger partial charge is 0.289 e. The Balaban J connectivity index is 1.77. The SMILES string of the molecule is C[C@H](NC(=O)c1nc(-c2cccc(Br)c2)nn1COCC[Si](C)(C)C)C1CC1. The molecule has 3 rings (SSSR count). The van der Waals surface area contributed by atoms with Gasteiger partial charge in [-0.1, -0.05) is 47.7 Å². The fourth-order valence-corrected chi connectivity index (χ4v) is 4.02. The van der Waals surface area contributed by atoms with E-state index in [1.54, 1.807) is 4.68 Å². The van der Waals surface area contributed by atoms with Crippen molar-refractivity contribution in [2.75, 3.05) is 6.61 Å². The molecule has 28 heavy (non-hydrogen) atoms. The molecule has 0 radical (unpaired) electrons. The van der Waals surface area contributed by atoms with Crippen LogP contribution in [0.4, 0.5) is 0 Å². The van der Waals surface area contributed by atoms with E-state index in [2.05, 4.69) is 57.9 Å². The number of benzene rings is 1. The van der Waals surface area contributed by atoms with Gasteiger partial charge in [-0.05, 0) is 43.9 Å². The predicted octanol–water partition coefficient (Wildman–Crippen LogP) is 4.55. The number of hydrogen-bond donors (Lipinski definition) is 1. The molecular weight excluding hydrogens is 436 g/mol. The van der Waals surface area contributed by atoms with E-state index in [-0.39, 0.29) is 18.7 Å². The molecule has 1 N–H and O–H groups in total. The monoisotopic (exact) mass is 464 g/mol. The lowest BCUT2D eigenvalue weighted by molar-refractivity contribution is 0.0710. The summed E-state index contributed by atoms with van der Waals surface area (Å²) in [7, 11) is -1.17. The first kappa shape index (κ1) is 21.2. The number of halogens is 1. The molecule has 1 fully saturated rings. The zero-order valence-corrected chi connectivity index (χ0v) is 19.6. The molecule has 0 spiro atoms. The van der Waals surface area contributed by atoms with Crippen LogP contribution < -0.4 is 5.32 Å². The van der Waals surface area contributed by atoms with Gasteiger partial charge in [-0.15, -0.1) is 5.10 Å². The van der Waals surface area contributed by atoms with Gasteiger partial charge in [0.2, 0.25) is 5.82 Å². The first-order chi connectivity index (χ1) is 13.2. The minimum Gasteiger partial charge on any atom is -0.359 e. The summed E-state index contributed by atoms with van der Waals surface area (Å²) < 4.78 is 8.35. The Morgan fingerprint density at radius 3 is 2.79 bits per heavy atom. The van der Waals surface area contributed by atoms with E-state index >= 15 is 0 Å². The molecule has 0 saturated heterocycles. The van der Waals surface area contributed by atoms with E-state index in [9.17, 15) is 4.79 Å². The molecule has 8 heteroatoms. The zero-order chi connectivity index (χ0) is 20.3. The van der Waals surface area contributed by atoms with Crippen LogP contribution >= 0.6 is 15.9 Å². The van der Waals surface area contributed by atoms with Crippen LogP contribution in [-0.4, -0.2) is 41.4 Å². The third-order valence-corrected chi connectivity index (χ3v) is 7.05. The average molecular weight is 465 g/mol. The summed E-state index contributed by atoms with van der Waals surface area (Å²) in [5.41, 5.74) is 0.861. The van der Waals surface area contributed by atoms with Crippen molar-refractivity contribution >= 4 is 29.9 Å². The highest BCUT2D eigenvalue weighted by Crippen LogP contribution is 2.32. The van der Waals surface area contributed by atoms with Crippen LogP contribution in [0.5, 0.6) is 0 Å². The van der Waals surface area contributed by atoms with E-state index in [1.807, 2.05) is 24.3 Å². The number of carbonyl (C=O) groups is 1. The normalized spacial score (nSPS) is 15.5. The Morgan fingerprint density at radius 1 is 1.39 bits per heavy atom. The predicted molar refractivity (Wildman–Crippen MR) is 117 cm³/mol. The van der Waals surface area contributed by atoms with Gasteiger partial charge in [0.15, 0.2) is 5.82 Å². The molecule has 1 amide bonds. The first-order valence-electron chi connectivity index (χ1n) is 9.82. The topological polar surface area (TPSA) is 69.0 Å². The summed E-state index contributed by atoms with van der Waals surface area (Å²) in [5.74, 6) is 1.22. The minimum absolute atomic E-state index is 0.153. The lowest BCUT2D eigenvalue weighted by Crippen LogP contribution is -2.36. The molecule has 0 unspecified atom stereocenters. The highest BCUT2D eigenvalue weighted by molar-refractivity contribution is 9.10. The van der Waals surface area contributed by atoms with E-state index in [4.69, 9.17) is 4.74 Å². The molecule has 0 bridgehead atoms. The lowest BCUT2D eigenvalue weighted by atomic mass is 10.2. The molecule has 152 valence electrons. The van der Waals surface area contributed by atoms with Gasteiger partial charge in [0.25, 0.3) is 5.91 Å². The summed E-state index contributed by atoms with van der Waals surface area (Å²) in [6.07, 6.45) is 2.36. The second kappa shape index (κ2) is 8.88.